The number of sulfonamides is 1. The van der Waals surface area contributed by atoms with Gasteiger partial charge in [0.2, 0.25) is 0 Å². The van der Waals surface area contributed by atoms with Gasteiger partial charge in [-0.05, 0) is 48.0 Å². The molecule has 0 amide bonds. The standard InChI is InChI=1S/C21H19ClFNO4S/c1-27-20-11-10-18(13-21(20)28-2)24(14-15-6-8-16(22)9-7-15)29(25,26)19-5-3-4-17(23)12-19/h3-13H,14H2,1-2H3. The molecule has 0 aliphatic carbocycles. The highest BCUT2D eigenvalue weighted by Crippen LogP contribution is 2.34. The van der Waals surface area contributed by atoms with E-state index in [0.29, 0.717) is 27.8 Å². The molecule has 0 aliphatic rings. The zero-order valence-corrected chi connectivity index (χ0v) is 17.4. The van der Waals surface area contributed by atoms with Crippen molar-refractivity contribution in [2.24, 2.45) is 0 Å². The van der Waals surface area contributed by atoms with Crippen LogP contribution in [0, 0.1) is 5.82 Å². The van der Waals surface area contributed by atoms with Crippen LogP contribution in [0.1, 0.15) is 5.56 Å². The van der Waals surface area contributed by atoms with Crippen LogP contribution in [0.4, 0.5) is 10.1 Å². The number of anilines is 1. The Morgan fingerprint density at radius 2 is 1.62 bits per heavy atom. The maximum absolute atomic E-state index is 13.7. The van der Waals surface area contributed by atoms with Crippen molar-refractivity contribution in [3.63, 3.8) is 0 Å². The van der Waals surface area contributed by atoms with E-state index >= 15 is 0 Å². The summed E-state index contributed by atoms with van der Waals surface area (Å²) >= 11 is 5.94. The fourth-order valence-corrected chi connectivity index (χ4v) is 4.41. The second-order valence-corrected chi connectivity index (χ2v) is 8.43. The van der Waals surface area contributed by atoms with Gasteiger partial charge >= 0.3 is 0 Å². The summed E-state index contributed by atoms with van der Waals surface area (Å²) in [5.41, 5.74) is 1.06. The molecule has 29 heavy (non-hydrogen) atoms. The summed E-state index contributed by atoms with van der Waals surface area (Å²) in [7, 11) is -1.11. The average molecular weight is 436 g/mol. The van der Waals surface area contributed by atoms with Gasteiger partial charge in [-0.1, -0.05) is 29.8 Å². The predicted octanol–water partition coefficient (Wildman–Crippen LogP) is 4.89. The summed E-state index contributed by atoms with van der Waals surface area (Å²) in [6, 6.07) is 16.5. The number of benzene rings is 3. The maximum Gasteiger partial charge on any atom is 0.264 e. The highest BCUT2D eigenvalue weighted by Gasteiger charge is 2.26. The molecule has 0 heterocycles. The summed E-state index contributed by atoms with van der Waals surface area (Å²) in [6.07, 6.45) is 0. The first-order valence-electron chi connectivity index (χ1n) is 8.60. The van der Waals surface area contributed by atoms with Gasteiger partial charge in [0.25, 0.3) is 10.0 Å². The third-order valence-electron chi connectivity index (χ3n) is 4.28. The summed E-state index contributed by atoms with van der Waals surface area (Å²) in [5, 5.41) is 0.541. The summed E-state index contributed by atoms with van der Waals surface area (Å²) in [6.45, 7) is 0.0193. The molecule has 3 aromatic rings. The van der Waals surface area contributed by atoms with E-state index in [0.717, 1.165) is 6.07 Å². The van der Waals surface area contributed by atoms with Crippen molar-refractivity contribution in [2.45, 2.75) is 11.4 Å². The van der Waals surface area contributed by atoms with Crippen LogP contribution in [0.5, 0.6) is 11.5 Å². The van der Waals surface area contributed by atoms with E-state index in [4.69, 9.17) is 21.1 Å². The first-order valence-corrected chi connectivity index (χ1v) is 10.4. The molecule has 8 heteroatoms. The SMILES string of the molecule is COc1ccc(N(Cc2ccc(Cl)cc2)S(=O)(=O)c2cccc(F)c2)cc1OC. The molecule has 0 bridgehead atoms. The largest absolute Gasteiger partial charge is 0.493 e. The van der Waals surface area contributed by atoms with E-state index in [2.05, 4.69) is 0 Å². The molecule has 0 saturated carbocycles. The Balaban J connectivity index is 2.12. The van der Waals surface area contributed by atoms with Gasteiger partial charge in [0, 0.05) is 11.1 Å². The zero-order chi connectivity index (χ0) is 21.0. The number of rotatable bonds is 7. The van der Waals surface area contributed by atoms with Crippen LogP contribution in [0.15, 0.2) is 71.6 Å². The van der Waals surface area contributed by atoms with Gasteiger partial charge in [-0.2, -0.15) is 0 Å². The summed E-state index contributed by atoms with van der Waals surface area (Å²) in [4.78, 5) is -0.152. The number of methoxy groups -OCH3 is 2. The van der Waals surface area contributed by atoms with E-state index < -0.39 is 15.8 Å². The minimum Gasteiger partial charge on any atom is -0.493 e. The van der Waals surface area contributed by atoms with Crippen LogP contribution < -0.4 is 13.8 Å². The van der Waals surface area contributed by atoms with E-state index in [1.807, 2.05) is 0 Å². The fraction of sp³-hybridized carbons (Fsp3) is 0.143. The fourth-order valence-electron chi connectivity index (χ4n) is 2.81. The molecule has 0 saturated heterocycles. The molecule has 5 nitrogen and oxygen atoms in total. The molecule has 3 aromatic carbocycles. The van der Waals surface area contributed by atoms with Gasteiger partial charge < -0.3 is 9.47 Å². The average Bonchev–Trinajstić information content (AvgIpc) is 2.72. The maximum atomic E-state index is 13.7. The summed E-state index contributed by atoms with van der Waals surface area (Å²) < 4.78 is 52.2. The first kappa shape index (κ1) is 21.0. The monoisotopic (exact) mass is 435 g/mol. The van der Waals surface area contributed by atoms with Crippen LogP contribution in [-0.2, 0) is 16.6 Å². The lowest BCUT2D eigenvalue weighted by molar-refractivity contribution is 0.355. The molecule has 0 radical (unpaired) electrons. The van der Waals surface area contributed by atoms with Crippen molar-refractivity contribution in [3.8, 4) is 11.5 Å². The van der Waals surface area contributed by atoms with Crippen molar-refractivity contribution in [1.82, 2.24) is 0 Å². The topological polar surface area (TPSA) is 55.8 Å². The Morgan fingerprint density at radius 3 is 2.24 bits per heavy atom. The van der Waals surface area contributed by atoms with E-state index in [1.165, 1.54) is 36.7 Å². The Kier molecular flexibility index (Phi) is 6.30. The Bertz CT molecular complexity index is 1100. The lowest BCUT2D eigenvalue weighted by atomic mass is 10.2. The molecule has 0 aromatic heterocycles. The normalized spacial score (nSPS) is 11.2. The third-order valence-corrected chi connectivity index (χ3v) is 6.30. The van der Waals surface area contributed by atoms with Crippen LogP contribution in [0.2, 0.25) is 5.02 Å². The number of halogens is 2. The Labute approximate surface area is 174 Å². The summed E-state index contributed by atoms with van der Waals surface area (Å²) in [5.74, 6) is 0.205. The molecule has 0 aliphatic heterocycles. The minimum atomic E-state index is -4.07. The molecule has 0 unspecified atom stereocenters. The van der Waals surface area contributed by atoms with E-state index in [-0.39, 0.29) is 11.4 Å². The van der Waals surface area contributed by atoms with Gasteiger partial charge in [0.15, 0.2) is 11.5 Å². The quantitative estimate of drug-likeness (QED) is 0.530. The van der Waals surface area contributed by atoms with Gasteiger partial charge in [0.05, 0.1) is 31.3 Å². The van der Waals surface area contributed by atoms with Crippen LogP contribution in [0.25, 0.3) is 0 Å². The molecule has 152 valence electrons. The number of hydrogen-bond donors (Lipinski definition) is 0. The van der Waals surface area contributed by atoms with E-state index in [9.17, 15) is 12.8 Å². The van der Waals surface area contributed by atoms with Crippen molar-refractivity contribution in [2.75, 3.05) is 18.5 Å². The first-order chi connectivity index (χ1) is 13.8. The predicted molar refractivity (Wildman–Crippen MR) is 111 cm³/mol. The lowest BCUT2D eigenvalue weighted by Crippen LogP contribution is -2.30. The van der Waals surface area contributed by atoms with Crippen molar-refractivity contribution in [1.29, 1.82) is 0 Å². The molecule has 0 spiro atoms. The highest BCUT2D eigenvalue weighted by atomic mass is 35.5. The van der Waals surface area contributed by atoms with Gasteiger partial charge in [-0.25, -0.2) is 12.8 Å². The highest BCUT2D eigenvalue weighted by molar-refractivity contribution is 7.92. The van der Waals surface area contributed by atoms with Crippen LogP contribution in [0.3, 0.4) is 0 Å². The van der Waals surface area contributed by atoms with Crippen molar-refractivity contribution in [3.05, 3.63) is 83.1 Å². The lowest BCUT2D eigenvalue weighted by Gasteiger charge is -2.25. The van der Waals surface area contributed by atoms with Crippen molar-refractivity contribution < 1.29 is 22.3 Å². The Hall–Kier alpha value is -2.77. The minimum absolute atomic E-state index is 0.0193. The number of ether oxygens (including phenoxy) is 2. The van der Waals surface area contributed by atoms with Gasteiger partial charge in [-0.3, -0.25) is 4.31 Å². The third kappa shape index (κ3) is 4.63. The van der Waals surface area contributed by atoms with Gasteiger partial charge in [-0.15, -0.1) is 0 Å². The van der Waals surface area contributed by atoms with Crippen LogP contribution >= 0.6 is 11.6 Å². The molecule has 0 fully saturated rings. The van der Waals surface area contributed by atoms with Crippen molar-refractivity contribution >= 4 is 27.3 Å². The molecular weight excluding hydrogens is 417 g/mol. The zero-order valence-electron chi connectivity index (χ0n) is 15.8. The second-order valence-electron chi connectivity index (χ2n) is 6.13. The second kappa shape index (κ2) is 8.71. The molecule has 0 atom stereocenters. The molecule has 3 rings (SSSR count). The Morgan fingerprint density at radius 1 is 0.931 bits per heavy atom. The van der Waals surface area contributed by atoms with E-state index in [1.54, 1.807) is 42.5 Å². The number of hydrogen-bond acceptors (Lipinski definition) is 4. The smallest absolute Gasteiger partial charge is 0.264 e. The molecule has 0 N–H and O–H groups in total. The van der Waals surface area contributed by atoms with Crippen LogP contribution in [-0.4, -0.2) is 22.6 Å². The van der Waals surface area contributed by atoms with Gasteiger partial charge in [0.1, 0.15) is 5.82 Å². The number of nitrogens with zero attached hydrogens (tertiary/aromatic N) is 1. The molecular formula is C21H19ClFNO4S.